The number of oxazole rings is 1. The molecule has 1 aromatic carbocycles. The molecule has 22 heavy (non-hydrogen) atoms. The number of hydrogen-bond donors (Lipinski definition) is 2. The molecule has 1 aliphatic rings. The monoisotopic (exact) mass is 303 g/mol. The number of anilines is 1. The maximum atomic E-state index is 12.5. The number of carbonyl (C=O) groups is 1. The second-order valence-corrected chi connectivity index (χ2v) is 5.91. The SMILES string of the molecule is Cc1nc2cc(NC(=O)N3CCCC(C)C3CO)ccc2o1. The number of rotatable bonds is 2. The highest BCUT2D eigenvalue weighted by atomic mass is 16.3. The van der Waals surface area contributed by atoms with Crippen LogP contribution in [0.4, 0.5) is 10.5 Å². The van der Waals surface area contributed by atoms with Crippen LogP contribution in [0.5, 0.6) is 0 Å². The average Bonchev–Trinajstić information content (AvgIpc) is 2.86. The largest absolute Gasteiger partial charge is 0.441 e. The lowest BCUT2D eigenvalue weighted by Gasteiger charge is -2.38. The summed E-state index contributed by atoms with van der Waals surface area (Å²) in [6.45, 7) is 4.53. The quantitative estimate of drug-likeness (QED) is 0.894. The van der Waals surface area contributed by atoms with E-state index >= 15 is 0 Å². The Morgan fingerprint density at radius 2 is 2.36 bits per heavy atom. The summed E-state index contributed by atoms with van der Waals surface area (Å²) < 4.78 is 5.43. The van der Waals surface area contributed by atoms with E-state index < -0.39 is 0 Å². The van der Waals surface area contributed by atoms with Crippen LogP contribution in [0, 0.1) is 12.8 Å². The number of piperidine rings is 1. The number of aromatic nitrogens is 1. The van der Waals surface area contributed by atoms with Crippen molar-refractivity contribution >= 4 is 22.8 Å². The lowest BCUT2D eigenvalue weighted by atomic mass is 9.91. The van der Waals surface area contributed by atoms with Crippen LogP contribution >= 0.6 is 0 Å². The topological polar surface area (TPSA) is 78.6 Å². The van der Waals surface area contributed by atoms with E-state index in [2.05, 4.69) is 17.2 Å². The number of benzene rings is 1. The summed E-state index contributed by atoms with van der Waals surface area (Å²) in [7, 11) is 0. The molecule has 0 saturated carbocycles. The molecule has 118 valence electrons. The summed E-state index contributed by atoms with van der Waals surface area (Å²) in [5, 5.41) is 12.4. The molecule has 2 N–H and O–H groups in total. The standard InChI is InChI=1S/C16H21N3O3/c1-10-4-3-7-19(14(10)9-20)16(21)18-12-5-6-15-13(8-12)17-11(2)22-15/h5-6,8,10,14,20H,3-4,7,9H2,1-2H3,(H,18,21). The van der Waals surface area contributed by atoms with Crippen molar-refractivity contribution in [3.63, 3.8) is 0 Å². The van der Waals surface area contributed by atoms with Crippen LogP contribution in [0.25, 0.3) is 11.1 Å². The van der Waals surface area contributed by atoms with E-state index in [0.717, 1.165) is 18.4 Å². The summed E-state index contributed by atoms with van der Waals surface area (Å²) in [6.07, 6.45) is 2.01. The average molecular weight is 303 g/mol. The van der Waals surface area contributed by atoms with Crippen LogP contribution in [0.1, 0.15) is 25.7 Å². The molecule has 1 fully saturated rings. The fourth-order valence-electron chi connectivity index (χ4n) is 3.10. The van der Waals surface area contributed by atoms with Gasteiger partial charge in [-0.3, -0.25) is 0 Å². The van der Waals surface area contributed by atoms with Gasteiger partial charge in [0.05, 0.1) is 12.6 Å². The third-order valence-corrected chi connectivity index (χ3v) is 4.31. The van der Waals surface area contributed by atoms with Crippen LogP contribution in [0.15, 0.2) is 22.6 Å². The molecule has 2 aromatic rings. The van der Waals surface area contributed by atoms with E-state index in [0.29, 0.717) is 29.6 Å². The van der Waals surface area contributed by atoms with Crippen molar-refractivity contribution in [3.8, 4) is 0 Å². The molecule has 6 nitrogen and oxygen atoms in total. The van der Waals surface area contributed by atoms with Gasteiger partial charge in [-0.25, -0.2) is 9.78 Å². The smallest absolute Gasteiger partial charge is 0.322 e. The first-order valence-corrected chi connectivity index (χ1v) is 7.64. The number of nitrogens with zero attached hydrogens (tertiary/aromatic N) is 2. The van der Waals surface area contributed by atoms with Crippen molar-refractivity contribution in [2.24, 2.45) is 5.92 Å². The molecule has 2 heterocycles. The maximum Gasteiger partial charge on any atom is 0.322 e. The van der Waals surface area contributed by atoms with Gasteiger partial charge in [0.1, 0.15) is 5.52 Å². The summed E-state index contributed by atoms with van der Waals surface area (Å²) in [6, 6.07) is 5.10. The zero-order valence-electron chi connectivity index (χ0n) is 12.9. The molecule has 1 aliphatic heterocycles. The van der Waals surface area contributed by atoms with Crippen LogP contribution in [-0.4, -0.2) is 40.2 Å². The van der Waals surface area contributed by atoms with Crippen LogP contribution in [0.3, 0.4) is 0 Å². The highest BCUT2D eigenvalue weighted by Gasteiger charge is 2.31. The van der Waals surface area contributed by atoms with Gasteiger partial charge in [0.25, 0.3) is 0 Å². The van der Waals surface area contributed by atoms with Gasteiger partial charge in [0.2, 0.25) is 0 Å². The summed E-state index contributed by atoms with van der Waals surface area (Å²) >= 11 is 0. The third-order valence-electron chi connectivity index (χ3n) is 4.31. The number of fused-ring (bicyclic) bond motifs is 1. The molecule has 6 heteroatoms. The van der Waals surface area contributed by atoms with Crippen molar-refractivity contribution in [1.82, 2.24) is 9.88 Å². The Balaban J connectivity index is 1.76. The summed E-state index contributed by atoms with van der Waals surface area (Å²) in [4.78, 5) is 18.5. The van der Waals surface area contributed by atoms with E-state index in [9.17, 15) is 9.90 Å². The van der Waals surface area contributed by atoms with E-state index in [1.807, 2.05) is 0 Å². The van der Waals surface area contributed by atoms with E-state index in [1.165, 1.54) is 0 Å². The normalized spacial score (nSPS) is 22.0. The molecule has 1 saturated heterocycles. The molecule has 2 amide bonds. The minimum atomic E-state index is -0.176. The minimum Gasteiger partial charge on any atom is -0.441 e. The van der Waals surface area contributed by atoms with Gasteiger partial charge in [-0.15, -0.1) is 0 Å². The summed E-state index contributed by atoms with van der Waals surface area (Å²) in [5.41, 5.74) is 2.11. The first-order chi connectivity index (χ1) is 10.6. The molecular formula is C16H21N3O3. The molecule has 0 spiro atoms. The second-order valence-electron chi connectivity index (χ2n) is 5.91. The second kappa shape index (κ2) is 5.96. The van der Waals surface area contributed by atoms with E-state index in [4.69, 9.17) is 4.42 Å². The predicted molar refractivity (Wildman–Crippen MR) is 83.7 cm³/mol. The van der Waals surface area contributed by atoms with Crippen molar-refractivity contribution < 1.29 is 14.3 Å². The van der Waals surface area contributed by atoms with Crippen molar-refractivity contribution in [1.29, 1.82) is 0 Å². The van der Waals surface area contributed by atoms with Crippen molar-refractivity contribution in [3.05, 3.63) is 24.1 Å². The van der Waals surface area contributed by atoms with Gasteiger partial charge in [0.15, 0.2) is 11.5 Å². The molecule has 0 bridgehead atoms. The molecule has 2 atom stereocenters. The van der Waals surface area contributed by atoms with Crippen LogP contribution in [-0.2, 0) is 0 Å². The van der Waals surface area contributed by atoms with Gasteiger partial charge in [-0.2, -0.15) is 0 Å². The maximum absolute atomic E-state index is 12.5. The third kappa shape index (κ3) is 2.78. The van der Waals surface area contributed by atoms with E-state index in [1.54, 1.807) is 30.0 Å². The molecule has 0 radical (unpaired) electrons. The zero-order chi connectivity index (χ0) is 15.7. The van der Waals surface area contributed by atoms with Gasteiger partial charge >= 0.3 is 6.03 Å². The fraction of sp³-hybridized carbons (Fsp3) is 0.500. The Hall–Kier alpha value is -2.08. The lowest BCUT2D eigenvalue weighted by Crippen LogP contribution is -2.51. The predicted octanol–water partition coefficient (Wildman–Crippen LogP) is 2.76. The highest BCUT2D eigenvalue weighted by molar-refractivity contribution is 5.91. The number of urea groups is 1. The van der Waals surface area contributed by atoms with Crippen molar-refractivity contribution in [2.75, 3.05) is 18.5 Å². The number of aliphatic hydroxyl groups excluding tert-OH is 1. The molecule has 1 aromatic heterocycles. The Bertz CT molecular complexity index is 682. The Labute approximate surface area is 129 Å². The number of carbonyl (C=O) groups excluding carboxylic acids is 1. The van der Waals surface area contributed by atoms with Gasteiger partial charge < -0.3 is 19.7 Å². The van der Waals surface area contributed by atoms with Crippen LogP contribution < -0.4 is 5.32 Å². The van der Waals surface area contributed by atoms with Crippen molar-refractivity contribution in [2.45, 2.75) is 32.7 Å². The fourth-order valence-corrected chi connectivity index (χ4v) is 3.10. The Morgan fingerprint density at radius 3 is 3.14 bits per heavy atom. The number of aryl methyl sites for hydroxylation is 1. The molecule has 2 unspecified atom stereocenters. The van der Waals surface area contributed by atoms with Gasteiger partial charge in [-0.1, -0.05) is 6.92 Å². The number of nitrogens with one attached hydrogen (secondary N) is 1. The first kappa shape index (κ1) is 14.8. The number of amides is 2. The minimum absolute atomic E-state index is 0.00387. The lowest BCUT2D eigenvalue weighted by molar-refractivity contribution is 0.0811. The summed E-state index contributed by atoms with van der Waals surface area (Å²) in [5.74, 6) is 0.911. The zero-order valence-corrected chi connectivity index (χ0v) is 12.9. The molecular weight excluding hydrogens is 282 g/mol. The number of likely N-dealkylation sites (tertiary alicyclic amines) is 1. The molecule has 3 rings (SSSR count). The van der Waals surface area contributed by atoms with E-state index in [-0.39, 0.29) is 18.7 Å². The molecule has 0 aliphatic carbocycles. The van der Waals surface area contributed by atoms with Gasteiger partial charge in [0, 0.05) is 19.2 Å². The Morgan fingerprint density at radius 1 is 1.55 bits per heavy atom. The van der Waals surface area contributed by atoms with Gasteiger partial charge in [-0.05, 0) is 37.0 Å². The number of aliphatic hydroxyl groups is 1. The highest BCUT2D eigenvalue weighted by Crippen LogP contribution is 2.25. The van der Waals surface area contributed by atoms with Crippen LogP contribution in [0.2, 0.25) is 0 Å². The number of hydrogen-bond acceptors (Lipinski definition) is 4. The first-order valence-electron chi connectivity index (χ1n) is 7.64. The Kier molecular flexibility index (Phi) is 4.02.